The normalized spacial score (nSPS) is 16.2. The molecule has 2 rings (SSSR count). The zero-order valence-corrected chi connectivity index (χ0v) is 11.8. The van der Waals surface area contributed by atoms with Gasteiger partial charge in [0.1, 0.15) is 12.2 Å². The van der Waals surface area contributed by atoms with E-state index in [1.54, 1.807) is 6.92 Å². The molecule has 1 heterocycles. The van der Waals surface area contributed by atoms with Crippen LogP contribution in [0.15, 0.2) is 18.2 Å². The van der Waals surface area contributed by atoms with Gasteiger partial charge in [0, 0.05) is 5.56 Å². The van der Waals surface area contributed by atoms with E-state index in [0.717, 1.165) is 6.07 Å². The Kier molecular flexibility index (Phi) is 4.13. The average Bonchev–Trinajstić information content (AvgIpc) is 2.41. The van der Waals surface area contributed by atoms with Crippen molar-refractivity contribution in [1.29, 1.82) is 0 Å². The fraction of sp³-hybridized carbons (Fsp3) is 0.429. The molecule has 1 aromatic rings. The minimum atomic E-state index is -1.06. The predicted molar refractivity (Wildman–Crippen MR) is 70.8 cm³/mol. The molecule has 21 heavy (non-hydrogen) atoms. The van der Waals surface area contributed by atoms with Crippen molar-refractivity contribution in [2.45, 2.75) is 12.5 Å². The van der Waals surface area contributed by atoms with Crippen molar-refractivity contribution in [3.05, 3.63) is 29.6 Å². The number of carbonyl (C=O) groups is 2. The second-order valence-electron chi connectivity index (χ2n) is 5.14. The third-order valence-electron chi connectivity index (χ3n) is 3.28. The van der Waals surface area contributed by atoms with Gasteiger partial charge in [-0.15, -0.1) is 0 Å². The molecular formula is C14H16FNO5. The van der Waals surface area contributed by atoms with Gasteiger partial charge < -0.3 is 19.5 Å². The fourth-order valence-corrected chi connectivity index (χ4v) is 2.21. The minimum Gasteiger partial charge on any atom is -0.494 e. The average molecular weight is 297 g/mol. The Balaban J connectivity index is 1.97. The number of halogens is 1. The molecule has 1 fully saturated rings. The SMILES string of the molecule is COc1ccc(C(=O)N2CC(C)(OCC(=O)O)C2)cc1F. The van der Waals surface area contributed by atoms with E-state index in [9.17, 15) is 14.0 Å². The van der Waals surface area contributed by atoms with Crippen LogP contribution in [-0.2, 0) is 9.53 Å². The second kappa shape index (κ2) is 5.69. The van der Waals surface area contributed by atoms with Crippen LogP contribution in [0.2, 0.25) is 0 Å². The van der Waals surface area contributed by atoms with Gasteiger partial charge in [0.15, 0.2) is 11.6 Å². The first-order valence-electron chi connectivity index (χ1n) is 6.33. The monoisotopic (exact) mass is 297 g/mol. The van der Waals surface area contributed by atoms with Crippen molar-refractivity contribution in [2.75, 3.05) is 26.8 Å². The van der Waals surface area contributed by atoms with E-state index < -0.39 is 24.0 Å². The van der Waals surface area contributed by atoms with E-state index in [4.69, 9.17) is 14.6 Å². The van der Waals surface area contributed by atoms with E-state index in [-0.39, 0.29) is 30.3 Å². The number of nitrogens with zero attached hydrogens (tertiary/aromatic N) is 1. The number of hydrogen-bond donors (Lipinski definition) is 1. The standard InChI is InChI=1S/C14H16FNO5/c1-14(21-6-12(17)18)7-16(8-14)13(19)9-3-4-11(20-2)10(15)5-9/h3-5H,6-8H2,1-2H3,(H,17,18). The Morgan fingerprint density at radius 2 is 2.10 bits per heavy atom. The molecule has 0 atom stereocenters. The van der Waals surface area contributed by atoms with E-state index in [1.165, 1.54) is 24.1 Å². The van der Waals surface area contributed by atoms with Crippen LogP contribution in [-0.4, -0.2) is 54.3 Å². The van der Waals surface area contributed by atoms with Gasteiger partial charge in [0.05, 0.1) is 20.2 Å². The van der Waals surface area contributed by atoms with Crippen LogP contribution >= 0.6 is 0 Å². The zero-order valence-electron chi connectivity index (χ0n) is 11.8. The lowest BCUT2D eigenvalue weighted by atomic mass is 9.95. The summed E-state index contributed by atoms with van der Waals surface area (Å²) in [6.07, 6.45) is 0. The Labute approximate surface area is 121 Å². The van der Waals surface area contributed by atoms with E-state index >= 15 is 0 Å². The first kappa shape index (κ1) is 15.2. The molecule has 0 spiro atoms. The van der Waals surface area contributed by atoms with Crippen molar-refractivity contribution in [3.63, 3.8) is 0 Å². The van der Waals surface area contributed by atoms with E-state index in [1.807, 2.05) is 0 Å². The van der Waals surface area contributed by atoms with Crippen molar-refractivity contribution in [2.24, 2.45) is 0 Å². The highest BCUT2D eigenvalue weighted by molar-refractivity contribution is 5.95. The summed E-state index contributed by atoms with van der Waals surface area (Å²) < 4.78 is 23.6. The van der Waals surface area contributed by atoms with Crippen LogP contribution in [0.3, 0.4) is 0 Å². The smallest absolute Gasteiger partial charge is 0.329 e. The summed E-state index contributed by atoms with van der Waals surface area (Å²) in [7, 11) is 1.35. The quantitative estimate of drug-likeness (QED) is 0.882. The van der Waals surface area contributed by atoms with Crippen LogP contribution in [0.4, 0.5) is 4.39 Å². The summed E-state index contributed by atoms with van der Waals surface area (Å²) in [6, 6.07) is 4.00. The van der Waals surface area contributed by atoms with Gasteiger partial charge in [0.2, 0.25) is 0 Å². The lowest BCUT2D eigenvalue weighted by molar-refractivity contribution is -0.159. The predicted octanol–water partition coefficient (Wildman–Crippen LogP) is 1.15. The Hall–Kier alpha value is -2.15. The number of hydrogen-bond acceptors (Lipinski definition) is 4. The molecule has 1 aliphatic rings. The number of carboxylic acids is 1. The second-order valence-corrected chi connectivity index (χ2v) is 5.14. The van der Waals surface area contributed by atoms with Crippen molar-refractivity contribution in [3.8, 4) is 5.75 Å². The molecule has 1 aromatic carbocycles. The van der Waals surface area contributed by atoms with Crippen LogP contribution < -0.4 is 4.74 Å². The van der Waals surface area contributed by atoms with Gasteiger partial charge in [0.25, 0.3) is 5.91 Å². The molecule has 0 bridgehead atoms. The largest absolute Gasteiger partial charge is 0.494 e. The minimum absolute atomic E-state index is 0.0739. The number of rotatable bonds is 5. The zero-order chi connectivity index (χ0) is 15.6. The van der Waals surface area contributed by atoms with Crippen LogP contribution in [0.1, 0.15) is 17.3 Å². The lowest BCUT2D eigenvalue weighted by Crippen LogP contribution is -2.63. The van der Waals surface area contributed by atoms with E-state index in [2.05, 4.69) is 0 Å². The van der Waals surface area contributed by atoms with Crippen molar-refractivity contribution < 1.29 is 28.6 Å². The molecule has 1 N–H and O–H groups in total. The fourth-order valence-electron chi connectivity index (χ4n) is 2.21. The summed E-state index contributed by atoms with van der Waals surface area (Å²) in [5, 5.41) is 8.57. The lowest BCUT2D eigenvalue weighted by Gasteiger charge is -2.47. The highest BCUT2D eigenvalue weighted by Crippen LogP contribution is 2.27. The summed E-state index contributed by atoms with van der Waals surface area (Å²) in [6.45, 7) is 1.86. The van der Waals surface area contributed by atoms with Gasteiger partial charge in [-0.3, -0.25) is 4.79 Å². The first-order chi connectivity index (χ1) is 9.84. The van der Waals surface area contributed by atoms with Crippen molar-refractivity contribution >= 4 is 11.9 Å². The summed E-state index contributed by atoms with van der Waals surface area (Å²) in [5.74, 6) is -1.91. The Morgan fingerprint density at radius 1 is 1.43 bits per heavy atom. The maximum atomic E-state index is 13.6. The molecule has 0 radical (unpaired) electrons. The maximum Gasteiger partial charge on any atom is 0.329 e. The van der Waals surface area contributed by atoms with Crippen LogP contribution in [0.5, 0.6) is 5.75 Å². The number of benzene rings is 1. The third kappa shape index (κ3) is 3.30. The van der Waals surface area contributed by atoms with Crippen LogP contribution in [0, 0.1) is 5.82 Å². The molecule has 7 heteroatoms. The Bertz CT molecular complexity index is 568. The van der Waals surface area contributed by atoms with Gasteiger partial charge in [-0.1, -0.05) is 0 Å². The summed E-state index contributed by atoms with van der Waals surface area (Å²) >= 11 is 0. The molecular weight excluding hydrogens is 281 g/mol. The maximum absolute atomic E-state index is 13.6. The number of amides is 1. The van der Waals surface area contributed by atoms with Gasteiger partial charge in [-0.25, -0.2) is 9.18 Å². The van der Waals surface area contributed by atoms with Gasteiger partial charge >= 0.3 is 5.97 Å². The van der Waals surface area contributed by atoms with Crippen molar-refractivity contribution in [1.82, 2.24) is 4.90 Å². The topological polar surface area (TPSA) is 76.1 Å². The van der Waals surface area contributed by atoms with Gasteiger partial charge in [-0.2, -0.15) is 0 Å². The molecule has 0 saturated carbocycles. The highest BCUT2D eigenvalue weighted by Gasteiger charge is 2.43. The number of carbonyl (C=O) groups excluding carboxylic acids is 1. The number of carboxylic acid groups (broad SMARTS) is 1. The summed E-state index contributed by atoms with van der Waals surface area (Å²) in [4.78, 5) is 24.1. The molecule has 1 saturated heterocycles. The number of methoxy groups -OCH3 is 1. The Morgan fingerprint density at radius 3 is 2.62 bits per heavy atom. The van der Waals surface area contributed by atoms with E-state index in [0.29, 0.717) is 0 Å². The third-order valence-corrected chi connectivity index (χ3v) is 3.28. The molecule has 0 aliphatic carbocycles. The molecule has 114 valence electrons. The first-order valence-corrected chi connectivity index (χ1v) is 6.33. The number of ether oxygens (including phenoxy) is 2. The van der Waals surface area contributed by atoms with Gasteiger partial charge in [-0.05, 0) is 25.1 Å². The summed E-state index contributed by atoms with van der Waals surface area (Å²) in [5.41, 5.74) is -0.451. The molecule has 1 amide bonds. The molecule has 6 nitrogen and oxygen atoms in total. The number of likely N-dealkylation sites (tertiary alicyclic amines) is 1. The molecule has 0 unspecified atom stereocenters. The molecule has 0 aromatic heterocycles. The highest BCUT2D eigenvalue weighted by atomic mass is 19.1. The number of aliphatic carboxylic acids is 1. The van der Waals surface area contributed by atoms with Crippen LogP contribution in [0.25, 0.3) is 0 Å². The molecule has 1 aliphatic heterocycles.